The molecule has 0 saturated heterocycles. The zero-order valence-electron chi connectivity index (χ0n) is 6.09. The molecular formula is C8H10N2. The highest BCUT2D eigenvalue weighted by atomic mass is 14.2. The summed E-state index contributed by atoms with van der Waals surface area (Å²) in [5, 5.41) is 16.5. The van der Waals surface area contributed by atoms with Gasteiger partial charge in [-0.1, -0.05) is 18.6 Å². The Hall–Kier alpha value is -1.28. The van der Waals surface area contributed by atoms with Gasteiger partial charge in [-0.25, -0.2) is 0 Å². The molecule has 2 heteroatoms. The summed E-state index contributed by atoms with van der Waals surface area (Å²) in [6, 6.07) is 4.06. The zero-order chi connectivity index (χ0) is 7.82. The number of allylic oxidation sites excluding steroid dienone is 2. The van der Waals surface area contributed by atoms with Crippen molar-refractivity contribution in [2.45, 2.75) is 26.2 Å². The van der Waals surface area contributed by atoms with E-state index in [1.807, 2.05) is 25.1 Å². The Bertz CT molecular complexity index is 190. The molecule has 0 rings (SSSR count). The minimum Gasteiger partial charge on any atom is -0.198 e. The molecule has 0 N–H and O–H groups in total. The first kappa shape index (κ1) is 8.72. The van der Waals surface area contributed by atoms with Crippen molar-refractivity contribution in [1.82, 2.24) is 0 Å². The number of hydrogen-bond acceptors (Lipinski definition) is 2. The molecule has 0 saturated carbocycles. The van der Waals surface area contributed by atoms with Crippen molar-refractivity contribution in [3.05, 3.63) is 11.6 Å². The Morgan fingerprint density at radius 3 is 2.50 bits per heavy atom. The van der Waals surface area contributed by atoms with Gasteiger partial charge in [0.2, 0.25) is 0 Å². The molecule has 0 atom stereocenters. The van der Waals surface area contributed by atoms with E-state index in [2.05, 4.69) is 0 Å². The Morgan fingerprint density at radius 1 is 1.40 bits per heavy atom. The molecule has 0 spiro atoms. The van der Waals surface area contributed by atoms with E-state index in [4.69, 9.17) is 10.5 Å². The lowest BCUT2D eigenvalue weighted by Crippen LogP contribution is -1.77. The molecule has 0 heterocycles. The minimum absolute atomic E-state index is 0.421. The number of nitrogens with zero attached hydrogens (tertiary/aromatic N) is 2. The molecule has 0 aromatic heterocycles. The van der Waals surface area contributed by atoms with Gasteiger partial charge in [0, 0.05) is 0 Å². The van der Waals surface area contributed by atoms with Crippen LogP contribution >= 0.6 is 0 Å². The van der Waals surface area contributed by atoms with Crippen LogP contribution in [0.1, 0.15) is 26.2 Å². The third-order valence-electron chi connectivity index (χ3n) is 1.24. The molecule has 0 aliphatic heterocycles. The SMILES string of the molecule is CC/C(=C\CC#N)CC#N. The van der Waals surface area contributed by atoms with Crippen LogP contribution in [-0.4, -0.2) is 0 Å². The predicted octanol–water partition coefficient (Wildman–Crippen LogP) is 2.15. The van der Waals surface area contributed by atoms with Gasteiger partial charge in [-0.2, -0.15) is 10.5 Å². The van der Waals surface area contributed by atoms with Crippen LogP contribution in [0.25, 0.3) is 0 Å². The first-order valence-corrected chi connectivity index (χ1v) is 3.27. The lowest BCUT2D eigenvalue weighted by molar-refractivity contribution is 1.02. The van der Waals surface area contributed by atoms with Crippen LogP contribution in [0.5, 0.6) is 0 Å². The molecule has 0 aliphatic carbocycles. The smallest absolute Gasteiger partial charge is 0.0666 e. The van der Waals surface area contributed by atoms with Crippen molar-refractivity contribution >= 4 is 0 Å². The molecule has 0 bridgehead atoms. The van der Waals surface area contributed by atoms with Gasteiger partial charge in [-0.05, 0) is 6.42 Å². The van der Waals surface area contributed by atoms with E-state index in [-0.39, 0.29) is 0 Å². The monoisotopic (exact) mass is 134 g/mol. The maximum atomic E-state index is 8.29. The zero-order valence-corrected chi connectivity index (χ0v) is 6.09. The van der Waals surface area contributed by atoms with Gasteiger partial charge in [-0.3, -0.25) is 0 Å². The van der Waals surface area contributed by atoms with Crippen molar-refractivity contribution in [3.63, 3.8) is 0 Å². The van der Waals surface area contributed by atoms with Crippen molar-refractivity contribution < 1.29 is 0 Å². The second kappa shape index (κ2) is 5.85. The summed E-state index contributed by atoms with van der Waals surface area (Å²) >= 11 is 0. The molecule has 0 unspecified atom stereocenters. The lowest BCUT2D eigenvalue weighted by Gasteiger charge is -1.93. The van der Waals surface area contributed by atoms with Crippen LogP contribution < -0.4 is 0 Å². The summed E-state index contributed by atoms with van der Waals surface area (Å²) in [5.41, 5.74) is 1.06. The van der Waals surface area contributed by atoms with Crippen LogP contribution in [0.2, 0.25) is 0 Å². The Kier molecular flexibility index (Phi) is 5.10. The van der Waals surface area contributed by atoms with E-state index in [1.165, 1.54) is 0 Å². The molecule has 10 heavy (non-hydrogen) atoms. The van der Waals surface area contributed by atoms with E-state index >= 15 is 0 Å². The van der Waals surface area contributed by atoms with E-state index in [0.29, 0.717) is 12.8 Å². The summed E-state index contributed by atoms with van der Waals surface area (Å²) in [7, 11) is 0. The molecule has 0 fully saturated rings. The van der Waals surface area contributed by atoms with Crippen LogP contribution in [0.3, 0.4) is 0 Å². The highest BCUT2D eigenvalue weighted by molar-refractivity contribution is 5.09. The number of rotatable bonds is 3. The largest absolute Gasteiger partial charge is 0.198 e. The standard InChI is InChI=1S/C8H10N2/c1-2-8(5-7-10)4-3-6-9/h4H,2-3,5H2,1H3/b8-4+. The predicted molar refractivity (Wildman–Crippen MR) is 38.8 cm³/mol. The topological polar surface area (TPSA) is 47.6 Å². The summed E-state index contributed by atoms with van der Waals surface area (Å²) in [6.45, 7) is 1.99. The fraction of sp³-hybridized carbons (Fsp3) is 0.500. The highest BCUT2D eigenvalue weighted by Crippen LogP contribution is 2.05. The van der Waals surface area contributed by atoms with Crippen molar-refractivity contribution in [1.29, 1.82) is 10.5 Å². The fourth-order valence-corrected chi connectivity index (χ4v) is 0.633. The van der Waals surface area contributed by atoms with Gasteiger partial charge in [0.05, 0.1) is 25.0 Å². The van der Waals surface area contributed by atoms with Gasteiger partial charge in [0.25, 0.3) is 0 Å². The molecular weight excluding hydrogens is 124 g/mol. The Labute approximate surface area is 61.4 Å². The molecule has 0 aromatic carbocycles. The molecule has 0 amide bonds. The van der Waals surface area contributed by atoms with Gasteiger partial charge < -0.3 is 0 Å². The fourth-order valence-electron chi connectivity index (χ4n) is 0.633. The highest BCUT2D eigenvalue weighted by Gasteiger charge is 1.90. The molecule has 52 valence electrons. The van der Waals surface area contributed by atoms with Crippen LogP contribution in [0.15, 0.2) is 11.6 Å². The normalized spacial score (nSPS) is 10.1. The minimum atomic E-state index is 0.421. The van der Waals surface area contributed by atoms with E-state index < -0.39 is 0 Å². The summed E-state index contributed by atoms with van der Waals surface area (Å²) < 4.78 is 0. The number of hydrogen-bond donors (Lipinski definition) is 0. The molecule has 0 aliphatic rings. The second-order valence-corrected chi connectivity index (χ2v) is 1.91. The number of nitriles is 2. The van der Waals surface area contributed by atoms with Gasteiger partial charge in [0.1, 0.15) is 0 Å². The van der Waals surface area contributed by atoms with Crippen LogP contribution in [0.4, 0.5) is 0 Å². The third-order valence-corrected chi connectivity index (χ3v) is 1.24. The van der Waals surface area contributed by atoms with Crippen molar-refractivity contribution in [2.75, 3.05) is 0 Å². The molecule has 0 radical (unpaired) electrons. The van der Waals surface area contributed by atoms with Crippen molar-refractivity contribution in [3.8, 4) is 12.1 Å². The summed E-state index contributed by atoms with van der Waals surface area (Å²) in [6.07, 6.45) is 3.57. The van der Waals surface area contributed by atoms with Crippen LogP contribution in [-0.2, 0) is 0 Å². The first-order chi connectivity index (χ1) is 4.85. The summed E-state index contributed by atoms with van der Waals surface area (Å²) in [5.74, 6) is 0. The average molecular weight is 134 g/mol. The maximum Gasteiger partial charge on any atom is 0.0666 e. The van der Waals surface area contributed by atoms with Crippen molar-refractivity contribution in [2.24, 2.45) is 0 Å². The van der Waals surface area contributed by atoms with Gasteiger partial charge in [-0.15, -0.1) is 0 Å². The quantitative estimate of drug-likeness (QED) is 0.555. The molecule has 2 nitrogen and oxygen atoms in total. The van der Waals surface area contributed by atoms with E-state index in [0.717, 1.165) is 12.0 Å². The average Bonchev–Trinajstić information content (AvgIpc) is 1.98. The Balaban J connectivity index is 3.84. The summed E-state index contributed by atoms with van der Waals surface area (Å²) in [4.78, 5) is 0. The lowest BCUT2D eigenvalue weighted by atomic mass is 10.1. The van der Waals surface area contributed by atoms with E-state index in [9.17, 15) is 0 Å². The maximum absolute atomic E-state index is 8.29. The Morgan fingerprint density at radius 2 is 2.10 bits per heavy atom. The second-order valence-electron chi connectivity index (χ2n) is 1.91. The van der Waals surface area contributed by atoms with Gasteiger partial charge in [0.15, 0.2) is 0 Å². The third kappa shape index (κ3) is 3.69. The van der Waals surface area contributed by atoms with Gasteiger partial charge >= 0.3 is 0 Å². The van der Waals surface area contributed by atoms with Crippen LogP contribution in [0, 0.1) is 22.7 Å². The first-order valence-electron chi connectivity index (χ1n) is 3.27. The van der Waals surface area contributed by atoms with E-state index in [1.54, 1.807) is 0 Å². The molecule has 0 aromatic rings.